The van der Waals surface area contributed by atoms with Crippen molar-refractivity contribution in [1.82, 2.24) is 10.2 Å². The predicted octanol–water partition coefficient (Wildman–Crippen LogP) is 4.40. The van der Waals surface area contributed by atoms with E-state index < -0.39 is 0 Å². The number of benzene rings is 2. The molecular formula is C19H18ClN3O3. The van der Waals surface area contributed by atoms with Crippen molar-refractivity contribution in [2.75, 3.05) is 11.9 Å². The van der Waals surface area contributed by atoms with Gasteiger partial charge in [-0.05, 0) is 49.7 Å². The van der Waals surface area contributed by atoms with Gasteiger partial charge in [0.2, 0.25) is 0 Å². The Morgan fingerprint density at radius 2 is 2.08 bits per heavy atom. The number of aryl methyl sites for hydroxylation is 1. The molecule has 0 fully saturated rings. The highest BCUT2D eigenvalue weighted by Gasteiger charge is 2.16. The number of rotatable bonds is 5. The predicted molar refractivity (Wildman–Crippen MR) is 101 cm³/mol. The van der Waals surface area contributed by atoms with E-state index in [0.717, 1.165) is 5.56 Å². The number of carbonyl (C=O) groups is 1. The maximum Gasteiger partial charge on any atom is 0.273 e. The highest BCUT2D eigenvalue weighted by Crippen LogP contribution is 2.33. The zero-order chi connectivity index (χ0) is 18.7. The molecule has 3 N–H and O–H groups in total. The number of phenols is 1. The lowest BCUT2D eigenvalue weighted by Crippen LogP contribution is -2.13. The van der Waals surface area contributed by atoms with Crippen molar-refractivity contribution < 1.29 is 14.6 Å². The molecule has 0 saturated heterocycles. The standard InChI is InChI=1S/C19H18ClN3O3/c1-3-26-18-7-5-4-6-14(18)21-19(25)16-10-15(22-23-16)12-9-13(20)11(2)8-17(12)24/h4-10,24H,3H2,1-2H3,(H,21,25)(H,22,23). The number of hydrogen-bond donors (Lipinski definition) is 3. The summed E-state index contributed by atoms with van der Waals surface area (Å²) >= 11 is 6.12. The molecule has 1 heterocycles. The molecule has 0 saturated carbocycles. The van der Waals surface area contributed by atoms with Gasteiger partial charge in [0, 0.05) is 10.6 Å². The monoisotopic (exact) mass is 371 g/mol. The molecule has 6 nitrogen and oxygen atoms in total. The number of aromatic amines is 1. The van der Waals surface area contributed by atoms with Gasteiger partial charge in [-0.25, -0.2) is 0 Å². The van der Waals surface area contributed by atoms with Crippen molar-refractivity contribution >= 4 is 23.2 Å². The van der Waals surface area contributed by atoms with E-state index in [4.69, 9.17) is 16.3 Å². The van der Waals surface area contributed by atoms with Crippen molar-refractivity contribution in [3.05, 3.63) is 58.7 Å². The summed E-state index contributed by atoms with van der Waals surface area (Å²) in [5.41, 5.74) is 2.45. The molecule has 0 aliphatic carbocycles. The van der Waals surface area contributed by atoms with Gasteiger partial charge in [-0.1, -0.05) is 23.7 Å². The maximum atomic E-state index is 12.5. The lowest BCUT2D eigenvalue weighted by Gasteiger charge is -2.10. The Labute approximate surface area is 155 Å². The third kappa shape index (κ3) is 3.65. The minimum absolute atomic E-state index is 0.0482. The summed E-state index contributed by atoms with van der Waals surface area (Å²) < 4.78 is 5.50. The van der Waals surface area contributed by atoms with Crippen molar-refractivity contribution in [2.24, 2.45) is 0 Å². The molecule has 0 atom stereocenters. The van der Waals surface area contributed by atoms with Gasteiger partial charge in [-0.2, -0.15) is 5.10 Å². The number of aromatic hydroxyl groups is 1. The van der Waals surface area contributed by atoms with Crippen molar-refractivity contribution in [1.29, 1.82) is 0 Å². The first-order valence-corrected chi connectivity index (χ1v) is 8.45. The number of hydrogen-bond acceptors (Lipinski definition) is 4. The Morgan fingerprint density at radius 1 is 1.31 bits per heavy atom. The van der Waals surface area contributed by atoms with Gasteiger partial charge in [0.05, 0.1) is 18.0 Å². The molecule has 3 aromatic rings. The molecule has 1 aromatic heterocycles. The quantitative estimate of drug-likeness (QED) is 0.620. The first kappa shape index (κ1) is 17.8. The van der Waals surface area contributed by atoms with E-state index in [2.05, 4.69) is 15.5 Å². The summed E-state index contributed by atoms with van der Waals surface area (Å²) in [5.74, 6) is 0.270. The number of aromatic nitrogens is 2. The second-order valence-electron chi connectivity index (χ2n) is 5.67. The zero-order valence-electron chi connectivity index (χ0n) is 14.3. The number of nitrogens with one attached hydrogen (secondary N) is 2. The number of carbonyl (C=O) groups excluding carboxylic acids is 1. The Balaban J connectivity index is 1.84. The summed E-state index contributed by atoms with van der Waals surface area (Å²) in [4.78, 5) is 12.5. The highest BCUT2D eigenvalue weighted by molar-refractivity contribution is 6.31. The summed E-state index contributed by atoms with van der Waals surface area (Å²) in [6.45, 7) is 4.17. The summed E-state index contributed by atoms with van der Waals surface area (Å²) in [5, 5.41) is 20.2. The number of para-hydroxylation sites is 2. The Hall–Kier alpha value is -2.99. The van der Waals surface area contributed by atoms with Crippen LogP contribution in [0.5, 0.6) is 11.5 Å². The first-order chi connectivity index (χ1) is 12.5. The van der Waals surface area contributed by atoms with E-state index >= 15 is 0 Å². The SMILES string of the molecule is CCOc1ccccc1NC(=O)c1cc(-c2cc(Cl)c(C)cc2O)n[nH]1. The first-order valence-electron chi connectivity index (χ1n) is 8.07. The normalized spacial score (nSPS) is 10.6. The van der Waals surface area contributed by atoms with Crippen LogP contribution in [0.15, 0.2) is 42.5 Å². The van der Waals surface area contributed by atoms with Crippen LogP contribution in [-0.2, 0) is 0 Å². The molecule has 3 rings (SSSR count). The van der Waals surface area contributed by atoms with Crippen LogP contribution < -0.4 is 10.1 Å². The minimum atomic E-state index is -0.367. The third-order valence-corrected chi connectivity index (χ3v) is 4.22. The third-order valence-electron chi connectivity index (χ3n) is 3.81. The molecule has 134 valence electrons. The number of amides is 1. The van der Waals surface area contributed by atoms with E-state index in [1.54, 1.807) is 37.3 Å². The van der Waals surface area contributed by atoms with Gasteiger partial charge in [0.1, 0.15) is 17.2 Å². The number of anilines is 1. The number of phenolic OH excluding ortho intramolecular Hbond substituents is 1. The van der Waals surface area contributed by atoms with E-state index in [1.807, 2.05) is 19.1 Å². The minimum Gasteiger partial charge on any atom is -0.507 e. The molecule has 0 aliphatic rings. The maximum absolute atomic E-state index is 12.5. The van der Waals surface area contributed by atoms with Crippen LogP contribution in [-0.4, -0.2) is 27.8 Å². The lowest BCUT2D eigenvalue weighted by atomic mass is 10.1. The van der Waals surface area contributed by atoms with Gasteiger partial charge in [0.15, 0.2) is 0 Å². The average molecular weight is 372 g/mol. The number of H-pyrrole nitrogens is 1. The fourth-order valence-electron chi connectivity index (χ4n) is 2.49. The van der Waals surface area contributed by atoms with Crippen LogP contribution in [0.4, 0.5) is 5.69 Å². The van der Waals surface area contributed by atoms with Crippen LogP contribution in [0.25, 0.3) is 11.3 Å². The second-order valence-corrected chi connectivity index (χ2v) is 6.08. The fraction of sp³-hybridized carbons (Fsp3) is 0.158. The zero-order valence-corrected chi connectivity index (χ0v) is 15.1. The Bertz CT molecular complexity index is 953. The molecule has 0 bridgehead atoms. The molecule has 0 aliphatic heterocycles. The highest BCUT2D eigenvalue weighted by atomic mass is 35.5. The Kier molecular flexibility index (Phi) is 5.14. The summed E-state index contributed by atoms with van der Waals surface area (Å²) in [6, 6.07) is 11.9. The molecule has 0 spiro atoms. The van der Waals surface area contributed by atoms with Crippen LogP contribution >= 0.6 is 11.6 Å². The molecular weight excluding hydrogens is 354 g/mol. The van der Waals surface area contributed by atoms with Crippen molar-refractivity contribution in [2.45, 2.75) is 13.8 Å². The molecule has 0 unspecified atom stereocenters. The molecule has 2 aromatic carbocycles. The van der Waals surface area contributed by atoms with Crippen LogP contribution in [0.3, 0.4) is 0 Å². The van der Waals surface area contributed by atoms with E-state index in [1.165, 1.54) is 0 Å². The van der Waals surface area contributed by atoms with Gasteiger partial charge in [-0.3, -0.25) is 9.89 Å². The average Bonchev–Trinajstić information content (AvgIpc) is 3.10. The molecule has 7 heteroatoms. The Morgan fingerprint density at radius 3 is 2.85 bits per heavy atom. The topological polar surface area (TPSA) is 87.2 Å². The smallest absolute Gasteiger partial charge is 0.273 e. The van der Waals surface area contributed by atoms with E-state index in [-0.39, 0.29) is 17.4 Å². The number of halogens is 1. The van der Waals surface area contributed by atoms with E-state index in [0.29, 0.717) is 34.3 Å². The number of ether oxygens (including phenoxy) is 1. The van der Waals surface area contributed by atoms with Gasteiger partial charge >= 0.3 is 0 Å². The van der Waals surface area contributed by atoms with Gasteiger partial charge in [-0.15, -0.1) is 0 Å². The van der Waals surface area contributed by atoms with E-state index in [9.17, 15) is 9.90 Å². The van der Waals surface area contributed by atoms with Crippen LogP contribution in [0, 0.1) is 6.92 Å². The molecule has 1 amide bonds. The second kappa shape index (κ2) is 7.49. The van der Waals surface area contributed by atoms with Gasteiger partial charge < -0.3 is 15.2 Å². The summed E-state index contributed by atoms with van der Waals surface area (Å²) in [7, 11) is 0. The van der Waals surface area contributed by atoms with Crippen molar-refractivity contribution in [3.8, 4) is 22.8 Å². The molecule has 26 heavy (non-hydrogen) atoms. The number of nitrogens with zero attached hydrogens (tertiary/aromatic N) is 1. The van der Waals surface area contributed by atoms with Crippen LogP contribution in [0.2, 0.25) is 5.02 Å². The summed E-state index contributed by atoms with van der Waals surface area (Å²) in [6.07, 6.45) is 0. The fourth-order valence-corrected chi connectivity index (χ4v) is 2.65. The largest absolute Gasteiger partial charge is 0.507 e. The van der Waals surface area contributed by atoms with Gasteiger partial charge in [0.25, 0.3) is 5.91 Å². The lowest BCUT2D eigenvalue weighted by molar-refractivity contribution is 0.102. The van der Waals surface area contributed by atoms with Crippen molar-refractivity contribution in [3.63, 3.8) is 0 Å². The molecule has 0 radical (unpaired) electrons. The van der Waals surface area contributed by atoms with Crippen LogP contribution in [0.1, 0.15) is 23.0 Å².